The van der Waals surface area contributed by atoms with E-state index in [2.05, 4.69) is 0 Å². The topological polar surface area (TPSA) is 29.5 Å². The molecule has 0 heterocycles. The quantitative estimate of drug-likeness (QED) is 0.817. The lowest BCUT2D eigenvalue weighted by molar-refractivity contribution is 0.151. The van der Waals surface area contributed by atoms with E-state index in [1.165, 1.54) is 0 Å². The van der Waals surface area contributed by atoms with Crippen molar-refractivity contribution in [2.75, 3.05) is 7.11 Å². The fourth-order valence-corrected chi connectivity index (χ4v) is 2.01. The predicted molar refractivity (Wildman–Crippen MR) is 55.9 cm³/mol. The molecule has 2 rings (SSSR count). The normalized spacial score (nSPS) is 18.0. The Labute approximate surface area is 88.5 Å². The fraction of sp³-hybridized carbons (Fsp3) is 0.455. The first-order chi connectivity index (χ1) is 6.57. The van der Waals surface area contributed by atoms with Crippen molar-refractivity contribution in [2.24, 2.45) is 0 Å². The molecule has 1 N–H and O–H groups in total. The standard InChI is InChI=1S/C11H13ClO2/c1-7-5-8(11(13)3-4-11)6-9(12)10(7)14-2/h5-6,13H,3-4H2,1-2H3. The third-order valence-electron chi connectivity index (χ3n) is 2.69. The summed E-state index contributed by atoms with van der Waals surface area (Å²) in [4.78, 5) is 0. The van der Waals surface area contributed by atoms with E-state index < -0.39 is 5.60 Å². The van der Waals surface area contributed by atoms with E-state index in [0.717, 1.165) is 24.0 Å². The Morgan fingerprint density at radius 3 is 2.50 bits per heavy atom. The van der Waals surface area contributed by atoms with Gasteiger partial charge in [-0.1, -0.05) is 11.6 Å². The summed E-state index contributed by atoms with van der Waals surface area (Å²) in [5, 5.41) is 10.5. The van der Waals surface area contributed by atoms with Crippen molar-refractivity contribution in [1.29, 1.82) is 0 Å². The lowest BCUT2D eigenvalue weighted by Crippen LogP contribution is -2.05. The van der Waals surface area contributed by atoms with Crippen molar-refractivity contribution in [3.63, 3.8) is 0 Å². The third-order valence-corrected chi connectivity index (χ3v) is 2.98. The Morgan fingerprint density at radius 2 is 2.07 bits per heavy atom. The highest BCUT2D eigenvalue weighted by molar-refractivity contribution is 6.32. The van der Waals surface area contributed by atoms with Crippen LogP contribution in [0.25, 0.3) is 0 Å². The first-order valence-electron chi connectivity index (χ1n) is 4.64. The van der Waals surface area contributed by atoms with Crippen LogP contribution in [0.1, 0.15) is 24.0 Å². The highest BCUT2D eigenvalue weighted by Gasteiger charge is 2.42. The van der Waals surface area contributed by atoms with Gasteiger partial charge >= 0.3 is 0 Å². The average Bonchev–Trinajstić information content (AvgIpc) is 2.84. The number of hydrogen-bond acceptors (Lipinski definition) is 2. The van der Waals surface area contributed by atoms with Gasteiger partial charge in [-0.25, -0.2) is 0 Å². The number of aryl methyl sites for hydroxylation is 1. The number of rotatable bonds is 2. The van der Waals surface area contributed by atoms with Crippen LogP contribution in [-0.2, 0) is 5.60 Å². The highest BCUT2D eigenvalue weighted by atomic mass is 35.5. The van der Waals surface area contributed by atoms with Gasteiger partial charge in [-0.3, -0.25) is 0 Å². The largest absolute Gasteiger partial charge is 0.495 e. The fourth-order valence-electron chi connectivity index (χ4n) is 1.67. The Balaban J connectivity index is 2.47. The molecule has 0 aliphatic heterocycles. The van der Waals surface area contributed by atoms with Crippen molar-refractivity contribution in [1.82, 2.24) is 0 Å². The number of methoxy groups -OCH3 is 1. The van der Waals surface area contributed by atoms with Crippen LogP contribution in [0, 0.1) is 6.92 Å². The molecule has 0 unspecified atom stereocenters. The van der Waals surface area contributed by atoms with Crippen LogP contribution in [0.15, 0.2) is 12.1 Å². The summed E-state index contributed by atoms with van der Waals surface area (Å²) in [5.41, 5.74) is 1.25. The summed E-state index contributed by atoms with van der Waals surface area (Å²) < 4.78 is 5.15. The molecule has 0 saturated heterocycles. The SMILES string of the molecule is COc1c(C)cc(C2(O)CC2)cc1Cl. The molecule has 0 radical (unpaired) electrons. The van der Waals surface area contributed by atoms with Gasteiger partial charge in [0.05, 0.1) is 17.7 Å². The van der Waals surface area contributed by atoms with Gasteiger partial charge in [-0.2, -0.15) is 0 Å². The maximum absolute atomic E-state index is 9.91. The first-order valence-corrected chi connectivity index (χ1v) is 5.01. The minimum atomic E-state index is -0.624. The zero-order valence-corrected chi connectivity index (χ0v) is 9.06. The molecular weight excluding hydrogens is 200 g/mol. The number of hydrogen-bond donors (Lipinski definition) is 1. The van der Waals surface area contributed by atoms with Gasteiger partial charge in [0.15, 0.2) is 0 Å². The van der Waals surface area contributed by atoms with Crippen molar-refractivity contribution in [3.05, 3.63) is 28.3 Å². The maximum Gasteiger partial charge on any atom is 0.140 e. The van der Waals surface area contributed by atoms with Crippen LogP contribution in [0.4, 0.5) is 0 Å². The molecule has 3 heteroatoms. The molecule has 0 bridgehead atoms. The van der Waals surface area contributed by atoms with Crippen molar-refractivity contribution in [3.8, 4) is 5.75 Å². The van der Waals surface area contributed by atoms with Crippen LogP contribution < -0.4 is 4.74 Å². The van der Waals surface area contributed by atoms with E-state index in [1.807, 2.05) is 13.0 Å². The second-order valence-electron chi connectivity index (χ2n) is 3.84. The number of halogens is 1. The first kappa shape index (κ1) is 9.81. The molecule has 76 valence electrons. The molecule has 1 fully saturated rings. The summed E-state index contributed by atoms with van der Waals surface area (Å²) in [5.74, 6) is 0.694. The molecular formula is C11H13ClO2. The molecule has 0 atom stereocenters. The van der Waals surface area contributed by atoms with E-state index in [0.29, 0.717) is 10.8 Å². The van der Waals surface area contributed by atoms with Crippen molar-refractivity contribution < 1.29 is 9.84 Å². The van der Waals surface area contributed by atoms with Gasteiger partial charge < -0.3 is 9.84 Å². The molecule has 2 nitrogen and oxygen atoms in total. The second-order valence-corrected chi connectivity index (χ2v) is 4.25. The maximum atomic E-state index is 9.91. The van der Waals surface area contributed by atoms with Gasteiger partial charge in [0, 0.05) is 0 Å². The Kier molecular flexibility index (Phi) is 2.20. The van der Waals surface area contributed by atoms with E-state index in [1.54, 1.807) is 13.2 Å². The summed E-state index contributed by atoms with van der Waals surface area (Å²) >= 11 is 6.03. The van der Waals surface area contributed by atoms with E-state index in [9.17, 15) is 5.11 Å². The van der Waals surface area contributed by atoms with Crippen LogP contribution in [0.5, 0.6) is 5.75 Å². The van der Waals surface area contributed by atoms with Crippen LogP contribution in [-0.4, -0.2) is 12.2 Å². The average molecular weight is 213 g/mol. The molecule has 0 amide bonds. The van der Waals surface area contributed by atoms with Crippen molar-refractivity contribution >= 4 is 11.6 Å². The highest BCUT2D eigenvalue weighted by Crippen LogP contribution is 2.47. The van der Waals surface area contributed by atoms with Crippen LogP contribution >= 0.6 is 11.6 Å². The zero-order valence-electron chi connectivity index (χ0n) is 8.30. The molecule has 1 aromatic carbocycles. The van der Waals surface area contributed by atoms with E-state index in [4.69, 9.17) is 16.3 Å². The zero-order chi connectivity index (χ0) is 10.3. The lowest BCUT2D eigenvalue weighted by Gasteiger charge is -2.13. The number of ether oxygens (including phenoxy) is 1. The molecule has 1 aliphatic rings. The van der Waals surface area contributed by atoms with Crippen LogP contribution in [0.2, 0.25) is 5.02 Å². The lowest BCUT2D eigenvalue weighted by atomic mass is 10.0. The van der Waals surface area contributed by atoms with E-state index >= 15 is 0 Å². The number of benzene rings is 1. The minimum absolute atomic E-state index is 0.572. The van der Waals surface area contributed by atoms with Gasteiger partial charge in [-0.15, -0.1) is 0 Å². The molecule has 14 heavy (non-hydrogen) atoms. The van der Waals surface area contributed by atoms with Crippen LogP contribution in [0.3, 0.4) is 0 Å². The summed E-state index contributed by atoms with van der Waals surface area (Å²) in [6.07, 6.45) is 1.66. The summed E-state index contributed by atoms with van der Waals surface area (Å²) in [6.45, 7) is 1.93. The van der Waals surface area contributed by atoms with Gasteiger partial charge in [0.25, 0.3) is 0 Å². The van der Waals surface area contributed by atoms with Gasteiger partial charge in [0.2, 0.25) is 0 Å². The van der Waals surface area contributed by atoms with Gasteiger partial charge in [0.1, 0.15) is 5.75 Å². The van der Waals surface area contributed by atoms with Crippen molar-refractivity contribution in [2.45, 2.75) is 25.4 Å². The molecule has 0 aromatic heterocycles. The van der Waals surface area contributed by atoms with E-state index in [-0.39, 0.29) is 0 Å². The molecule has 1 aromatic rings. The Bertz CT molecular complexity index is 347. The second kappa shape index (κ2) is 3.14. The minimum Gasteiger partial charge on any atom is -0.495 e. The molecule has 1 saturated carbocycles. The Hall–Kier alpha value is -0.730. The molecule has 1 aliphatic carbocycles. The molecule has 0 spiro atoms. The van der Waals surface area contributed by atoms with Gasteiger partial charge in [-0.05, 0) is 43.0 Å². The summed E-state index contributed by atoms with van der Waals surface area (Å²) in [6, 6.07) is 3.73. The Morgan fingerprint density at radius 1 is 1.43 bits per heavy atom. The summed E-state index contributed by atoms with van der Waals surface area (Å²) in [7, 11) is 1.60. The number of aliphatic hydroxyl groups is 1. The third kappa shape index (κ3) is 1.49. The predicted octanol–water partition coefficient (Wildman–Crippen LogP) is 2.64. The smallest absolute Gasteiger partial charge is 0.140 e. The monoisotopic (exact) mass is 212 g/mol.